The zero-order chi connectivity index (χ0) is 29.8. The summed E-state index contributed by atoms with van der Waals surface area (Å²) in [6.07, 6.45) is 4.02. The van der Waals surface area contributed by atoms with E-state index in [9.17, 15) is 9.59 Å². The fraction of sp³-hybridized carbons (Fsp3) is 0.714. The average molecular weight is 566 g/mol. The van der Waals surface area contributed by atoms with Crippen LogP contribution in [0.4, 0.5) is 9.59 Å². The zero-order valence-electron chi connectivity index (χ0n) is 27.2. The van der Waals surface area contributed by atoms with Gasteiger partial charge in [0.05, 0.1) is 0 Å². The molecule has 0 atom stereocenters. The van der Waals surface area contributed by atoms with Crippen molar-refractivity contribution in [3.05, 3.63) is 45.8 Å². The Balaban J connectivity index is -0.000000138. The van der Waals surface area contributed by atoms with E-state index in [0.717, 1.165) is 22.7 Å². The molecular formula is C35H71N3O2. The molecule has 0 unspecified atom stereocenters. The van der Waals surface area contributed by atoms with Crippen LogP contribution in [0.1, 0.15) is 123 Å². The van der Waals surface area contributed by atoms with Crippen molar-refractivity contribution in [2.45, 2.75) is 132 Å². The number of rotatable bonds is 4. The van der Waals surface area contributed by atoms with Crippen LogP contribution in [0, 0.1) is 59.3 Å². The van der Waals surface area contributed by atoms with Crippen LogP contribution in [0.5, 0.6) is 0 Å². The van der Waals surface area contributed by atoms with E-state index < -0.39 is 0 Å². The van der Waals surface area contributed by atoms with Gasteiger partial charge in [-0.1, -0.05) is 90.2 Å². The lowest BCUT2D eigenvalue weighted by Gasteiger charge is -2.36. The van der Waals surface area contributed by atoms with Crippen LogP contribution in [-0.2, 0) is 0 Å². The molecule has 0 radical (unpaired) electrons. The van der Waals surface area contributed by atoms with Gasteiger partial charge < -0.3 is 0 Å². The minimum Gasteiger partial charge on any atom is -0.283 e. The summed E-state index contributed by atoms with van der Waals surface area (Å²) in [4.78, 5) is 26.1. The van der Waals surface area contributed by atoms with Crippen LogP contribution in [0.2, 0.25) is 0 Å². The van der Waals surface area contributed by atoms with Crippen LogP contribution >= 0.6 is 0 Å². The van der Waals surface area contributed by atoms with Crippen molar-refractivity contribution >= 4 is 12.1 Å². The van der Waals surface area contributed by atoms with E-state index in [4.69, 9.17) is 0 Å². The molecule has 238 valence electrons. The van der Waals surface area contributed by atoms with Crippen LogP contribution in [0.15, 0.2) is 12.4 Å². The van der Waals surface area contributed by atoms with Crippen molar-refractivity contribution < 1.29 is 9.59 Å². The largest absolute Gasteiger partial charge is 0.333 e. The molecule has 1 aliphatic rings. The smallest absolute Gasteiger partial charge is 0.283 e. The lowest BCUT2D eigenvalue weighted by Crippen LogP contribution is -2.55. The number of hydrogen-bond donors (Lipinski definition) is 0. The normalized spacial score (nSPS) is 12.4. The Labute approximate surface area is 252 Å². The fourth-order valence-corrected chi connectivity index (χ4v) is 3.90. The minimum absolute atomic E-state index is 0. The summed E-state index contributed by atoms with van der Waals surface area (Å²) in [5.74, 6) is 3.08. The second kappa shape index (κ2) is 22.4. The minimum atomic E-state index is -0.358. The van der Waals surface area contributed by atoms with Gasteiger partial charge in [0.1, 0.15) is 5.82 Å². The van der Waals surface area contributed by atoms with E-state index in [1.807, 2.05) is 0 Å². The van der Waals surface area contributed by atoms with Gasteiger partial charge in [-0.2, -0.15) is 0 Å². The van der Waals surface area contributed by atoms with Gasteiger partial charge in [-0.15, -0.1) is 0 Å². The van der Waals surface area contributed by atoms with Gasteiger partial charge in [0.2, 0.25) is 0 Å². The molecule has 1 aromatic rings. The van der Waals surface area contributed by atoms with Gasteiger partial charge in [0.15, 0.2) is 0 Å². The molecule has 0 aliphatic carbocycles. The maximum Gasteiger partial charge on any atom is 0.333 e. The van der Waals surface area contributed by atoms with Crippen molar-refractivity contribution in [2.24, 2.45) is 17.8 Å². The summed E-state index contributed by atoms with van der Waals surface area (Å²) < 4.78 is 0. The molecule has 1 heterocycles. The standard InChI is InChI=1S/C12H18.C7H11N3O2.C7H16.C6H14.3CH4/c1-7-8(2)10(4)12(6)11(5)9(7)3;1-5-8(2)6(11)10(4)7(12)9(5)3;1-6(2)5-7(3)4;1-4-6(3)5-2;;;/h1-6H3;1H2,2-4H3;6-7H,5H2,1-4H3;6H,4-5H2,1-3H3;3*1H4. The summed E-state index contributed by atoms with van der Waals surface area (Å²) in [6.45, 7) is 32.7. The Morgan fingerprint density at radius 1 is 0.550 bits per heavy atom. The monoisotopic (exact) mass is 566 g/mol. The summed E-state index contributed by atoms with van der Waals surface area (Å²) >= 11 is 0. The molecule has 0 bridgehead atoms. The summed E-state index contributed by atoms with van der Waals surface area (Å²) in [5, 5.41) is 0. The molecule has 40 heavy (non-hydrogen) atoms. The molecule has 2 rings (SSSR count). The molecule has 1 fully saturated rings. The van der Waals surface area contributed by atoms with Crippen LogP contribution < -0.4 is 0 Å². The zero-order valence-corrected chi connectivity index (χ0v) is 27.2. The molecule has 1 aromatic carbocycles. The number of amides is 4. The van der Waals surface area contributed by atoms with E-state index in [1.54, 1.807) is 14.1 Å². The van der Waals surface area contributed by atoms with E-state index in [1.165, 1.54) is 69.5 Å². The van der Waals surface area contributed by atoms with Gasteiger partial charge in [-0.25, -0.2) is 14.5 Å². The van der Waals surface area contributed by atoms with Gasteiger partial charge in [-0.3, -0.25) is 9.80 Å². The number of imide groups is 1. The Kier molecular flexibility index (Phi) is 26.6. The lowest BCUT2D eigenvalue weighted by molar-refractivity contribution is 0.134. The maximum atomic E-state index is 11.2. The second-order valence-electron chi connectivity index (χ2n) is 11.4. The van der Waals surface area contributed by atoms with Gasteiger partial charge in [-0.05, 0) is 99.1 Å². The quantitative estimate of drug-likeness (QED) is 0.364. The van der Waals surface area contributed by atoms with Crippen LogP contribution in [0.3, 0.4) is 0 Å². The number of hydrogen-bond acceptors (Lipinski definition) is 2. The first-order valence-corrected chi connectivity index (χ1v) is 13.9. The Bertz CT molecular complexity index is 711. The molecule has 1 aliphatic heterocycles. The third-order valence-corrected chi connectivity index (χ3v) is 7.63. The Hall–Kier alpha value is -2.30. The highest BCUT2D eigenvalue weighted by Gasteiger charge is 2.33. The van der Waals surface area contributed by atoms with Crippen molar-refractivity contribution in [3.63, 3.8) is 0 Å². The van der Waals surface area contributed by atoms with Crippen LogP contribution in [-0.4, -0.2) is 47.9 Å². The predicted molar refractivity (Wildman–Crippen MR) is 182 cm³/mol. The third kappa shape index (κ3) is 14.9. The van der Waals surface area contributed by atoms with Gasteiger partial charge in [0.25, 0.3) is 0 Å². The Morgan fingerprint density at radius 2 is 0.775 bits per heavy atom. The second-order valence-corrected chi connectivity index (χ2v) is 11.4. The first-order valence-electron chi connectivity index (χ1n) is 13.9. The molecule has 0 saturated carbocycles. The lowest BCUT2D eigenvalue weighted by atomic mass is 9.90. The first kappa shape index (κ1) is 47.5. The van der Waals surface area contributed by atoms with E-state index >= 15 is 0 Å². The first-order chi connectivity index (χ1) is 16.9. The molecule has 5 heteroatoms. The number of nitrogens with zero attached hydrogens (tertiary/aromatic N) is 3. The molecule has 0 aromatic heterocycles. The molecular weight excluding hydrogens is 494 g/mol. The molecule has 0 N–H and O–H groups in total. The predicted octanol–water partition coefficient (Wildman–Crippen LogP) is 11.1. The average Bonchev–Trinajstić information content (AvgIpc) is 2.85. The highest BCUT2D eigenvalue weighted by Crippen LogP contribution is 2.24. The van der Waals surface area contributed by atoms with E-state index in [-0.39, 0.29) is 34.3 Å². The maximum absolute atomic E-state index is 11.2. The number of benzene rings is 1. The van der Waals surface area contributed by atoms with Crippen molar-refractivity contribution in [1.82, 2.24) is 14.7 Å². The highest BCUT2D eigenvalue weighted by molar-refractivity contribution is 5.97. The molecule has 0 spiro atoms. The number of urea groups is 2. The van der Waals surface area contributed by atoms with Gasteiger partial charge in [0, 0.05) is 21.1 Å². The number of carbonyl (C=O) groups is 2. The molecule has 4 amide bonds. The summed E-state index contributed by atoms with van der Waals surface area (Å²) in [5.41, 5.74) is 8.73. The van der Waals surface area contributed by atoms with Crippen molar-refractivity contribution in [3.8, 4) is 0 Å². The van der Waals surface area contributed by atoms with Gasteiger partial charge >= 0.3 is 12.1 Å². The SMILES string of the molecule is C.C.C.C=C1N(C)C(=O)N(C)C(=O)N1C.CC(C)CC(C)C.CCC(C)CC.Cc1c(C)c(C)c(C)c(C)c1C. The summed E-state index contributed by atoms with van der Waals surface area (Å²) in [7, 11) is 4.58. The molecule has 5 nitrogen and oxygen atoms in total. The topological polar surface area (TPSA) is 43.9 Å². The summed E-state index contributed by atoms with van der Waals surface area (Å²) in [6, 6.07) is -0.716. The van der Waals surface area contributed by atoms with Crippen molar-refractivity contribution in [1.29, 1.82) is 0 Å². The van der Waals surface area contributed by atoms with E-state index in [2.05, 4.69) is 96.6 Å². The highest BCUT2D eigenvalue weighted by atomic mass is 16.2. The fourth-order valence-electron chi connectivity index (χ4n) is 3.90. The Morgan fingerprint density at radius 3 is 0.900 bits per heavy atom. The van der Waals surface area contributed by atoms with E-state index in [0.29, 0.717) is 5.82 Å². The number of carbonyl (C=O) groups excluding carboxylic acids is 2. The molecule has 1 saturated heterocycles. The van der Waals surface area contributed by atoms with Crippen molar-refractivity contribution in [2.75, 3.05) is 21.1 Å². The third-order valence-electron chi connectivity index (χ3n) is 7.63. The van der Waals surface area contributed by atoms with Crippen LogP contribution in [0.25, 0.3) is 0 Å².